The Morgan fingerprint density at radius 3 is 2.58 bits per heavy atom. The molecule has 12 heavy (non-hydrogen) atoms. The molecule has 0 aromatic heterocycles. The van der Waals surface area contributed by atoms with Crippen LogP contribution in [0.5, 0.6) is 5.75 Å². The highest BCUT2D eigenvalue weighted by atomic mass is 16.5. The molecule has 3 heteroatoms. The summed E-state index contributed by atoms with van der Waals surface area (Å²) in [5.74, 6) is 0.824. The Hall–Kier alpha value is -1.51. The Morgan fingerprint density at radius 1 is 1.42 bits per heavy atom. The number of amides is 1. The quantitative estimate of drug-likeness (QED) is 0.674. The molecule has 0 fully saturated rings. The lowest BCUT2D eigenvalue weighted by Gasteiger charge is -2.01. The van der Waals surface area contributed by atoms with Crippen molar-refractivity contribution < 1.29 is 9.53 Å². The van der Waals surface area contributed by atoms with Crippen molar-refractivity contribution in [2.75, 3.05) is 7.11 Å². The van der Waals surface area contributed by atoms with Gasteiger partial charge in [-0.25, -0.2) is 0 Å². The van der Waals surface area contributed by atoms with Crippen molar-refractivity contribution in [3.63, 3.8) is 0 Å². The van der Waals surface area contributed by atoms with E-state index in [1.165, 1.54) is 0 Å². The lowest BCUT2D eigenvalue weighted by atomic mass is 10.2. The molecule has 1 amide bonds. The summed E-state index contributed by atoms with van der Waals surface area (Å²) in [7, 11) is 1.62. The minimum absolute atomic E-state index is 0.563. The van der Waals surface area contributed by atoms with Gasteiger partial charge in [-0.15, -0.1) is 0 Å². The first-order valence-corrected chi connectivity index (χ1v) is 3.67. The maximum atomic E-state index is 9.97. The van der Waals surface area contributed by atoms with Crippen molar-refractivity contribution in [2.24, 2.45) is 0 Å². The van der Waals surface area contributed by atoms with Crippen LogP contribution in [0.2, 0.25) is 0 Å². The number of methoxy groups -OCH3 is 1. The van der Waals surface area contributed by atoms with Gasteiger partial charge in [0.15, 0.2) is 0 Å². The fourth-order valence-corrected chi connectivity index (χ4v) is 0.903. The van der Waals surface area contributed by atoms with Gasteiger partial charge in [-0.05, 0) is 17.7 Å². The van der Waals surface area contributed by atoms with E-state index in [0.717, 1.165) is 11.3 Å². The fourth-order valence-electron chi connectivity index (χ4n) is 0.903. The zero-order valence-corrected chi connectivity index (χ0v) is 6.91. The van der Waals surface area contributed by atoms with Gasteiger partial charge in [0.05, 0.1) is 7.11 Å². The number of carbonyl (C=O) groups excluding carboxylic acids is 1. The highest BCUT2D eigenvalue weighted by Crippen LogP contribution is 2.10. The SMILES string of the molecule is COc1ccc(CNC=O)cc1. The summed E-state index contributed by atoms with van der Waals surface area (Å²) in [4.78, 5) is 9.97. The molecular formula is C9H11NO2. The van der Waals surface area contributed by atoms with Gasteiger partial charge in [0.25, 0.3) is 0 Å². The smallest absolute Gasteiger partial charge is 0.207 e. The largest absolute Gasteiger partial charge is 0.497 e. The van der Waals surface area contributed by atoms with E-state index in [-0.39, 0.29) is 0 Å². The van der Waals surface area contributed by atoms with Gasteiger partial charge in [-0.3, -0.25) is 4.79 Å². The average Bonchev–Trinajstić information content (AvgIpc) is 2.15. The Kier molecular flexibility index (Phi) is 3.14. The van der Waals surface area contributed by atoms with Crippen LogP contribution in [-0.4, -0.2) is 13.5 Å². The van der Waals surface area contributed by atoms with Crippen LogP contribution < -0.4 is 10.1 Å². The van der Waals surface area contributed by atoms with E-state index >= 15 is 0 Å². The van der Waals surface area contributed by atoms with E-state index in [1.807, 2.05) is 24.3 Å². The summed E-state index contributed by atoms with van der Waals surface area (Å²) < 4.78 is 4.98. The number of nitrogens with one attached hydrogen (secondary N) is 1. The maximum Gasteiger partial charge on any atom is 0.207 e. The minimum Gasteiger partial charge on any atom is -0.497 e. The second-order valence-electron chi connectivity index (χ2n) is 2.35. The van der Waals surface area contributed by atoms with Crippen molar-refractivity contribution >= 4 is 6.41 Å². The molecule has 0 atom stereocenters. The molecule has 0 radical (unpaired) electrons. The molecule has 1 rings (SSSR count). The normalized spacial score (nSPS) is 9.08. The van der Waals surface area contributed by atoms with Gasteiger partial charge in [-0.1, -0.05) is 12.1 Å². The molecule has 64 valence electrons. The van der Waals surface area contributed by atoms with Crippen LogP contribution in [0, 0.1) is 0 Å². The van der Waals surface area contributed by atoms with Crippen LogP contribution in [0.3, 0.4) is 0 Å². The number of hydrogen-bond acceptors (Lipinski definition) is 2. The summed E-state index contributed by atoms with van der Waals surface area (Å²) >= 11 is 0. The monoisotopic (exact) mass is 165 g/mol. The maximum absolute atomic E-state index is 9.97. The third-order valence-corrected chi connectivity index (χ3v) is 1.55. The molecule has 1 aromatic carbocycles. The summed E-state index contributed by atoms with van der Waals surface area (Å²) in [6, 6.07) is 7.55. The van der Waals surface area contributed by atoms with E-state index in [1.54, 1.807) is 7.11 Å². The summed E-state index contributed by atoms with van der Waals surface area (Å²) in [5, 5.41) is 2.58. The number of ether oxygens (including phenoxy) is 1. The Bertz CT molecular complexity index is 243. The molecule has 1 N–H and O–H groups in total. The fraction of sp³-hybridized carbons (Fsp3) is 0.222. The number of carbonyl (C=O) groups is 1. The molecule has 0 saturated heterocycles. The lowest BCUT2D eigenvalue weighted by Crippen LogP contribution is -2.09. The van der Waals surface area contributed by atoms with Gasteiger partial charge in [0.1, 0.15) is 5.75 Å². The van der Waals surface area contributed by atoms with Crippen LogP contribution in [-0.2, 0) is 11.3 Å². The van der Waals surface area contributed by atoms with Gasteiger partial charge in [0.2, 0.25) is 6.41 Å². The van der Waals surface area contributed by atoms with Crippen LogP contribution >= 0.6 is 0 Å². The number of rotatable bonds is 4. The van der Waals surface area contributed by atoms with Crippen LogP contribution in [0.4, 0.5) is 0 Å². The van der Waals surface area contributed by atoms with Gasteiger partial charge < -0.3 is 10.1 Å². The molecular weight excluding hydrogens is 154 g/mol. The first-order chi connectivity index (χ1) is 5.86. The standard InChI is InChI=1S/C9H11NO2/c1-12-9-4-2-8(3-5-9)6-10-7-11/h2-5,7H,6H2,1H3,(H,10,11). The molecule has 3 nitrogen and oxygen atoms in total. The Morgan fingerprint density at radius 2 is 2.08 bits per heavy atom. The van der Waals surface area contributed by atoms with Gasteiger partial charge in [-0.2, -0.15) is 0 Å². The van der Waals surface area contributed by atoms with Crippen molar-refractivity contribution in [1.82, 2.24) is 5.32 Å². The first kappa shape index (κ1) is 8.59. The molecule has 0 saturated carbocycles. The van der Waals surface area contributed by atoms with Crippen molar-refractivity contribution in [2.45, 2.75) is 6.54 Å². The van der Waals surface area contributed by atoms with Gasteiger partial charge >= 0.3 is 0 Å². The predicted octanol–water partition coefficient (Wildman–Crippen LogP) is 0.941. The summed E-state index contributed by atoms with van der Waals surface area (Å²) in [6.45, 7) is 0.563. The highest BCUT2D eigenvalue weighted by molar-refractivity contribution is 5.46. The number of benzene rings is 1. The van der Waals surface area contributed by atoms with Crippen LogP contribution in [0.15, 0.2) is 24.3 Å². The zero-order valence-electron chi connectivity index (χ0n) is 6.91. The van der Waals surface area contributed by atoms with Crippen LogP contribution in [0.1, 0.15) is 5.56 Å². The first-order valence-electron chi connectivity index (χ1n) is 3.67. The van der Waals surface area contributed by atoms with Crippen molar-refractivity contribution in [3.8, 4) is 5.75 Å². The molecule has 0 aliphatic carbocycles. The molecule has 0 unspecified atom stereocenters. The molecule has 1 aromatic rings. The summed E-state index contributed by atoms with van der Waals surface area (Å²) in [5.41, 5.74) is 1.06. The second-order valence-corrected chi connectivity index (χ2v) is 2.35. The minimum atomic E-state index is 0.563. The predicted molar refractivity (Wildman–Crippen MR) is 45.9 cm³/mol. The van der Waals surface area contributed by atoms with E-state index in [4.69, 9.17) is 4.74 Å². The summed E-state index contributed by atoms with van der Waals surface area (Å²) in [6.07, 6.45) is 0.685. The molecule has 0 spiro atoms. The number of hydrogen-bond donors (Lipinski definition) is 1. The third kappa shape index (κ3) is 2.27. The van der Waals surface area contributed by atoms with E-state index in [2.05, 4.69) is 5.32 Å². The third-order valence-electron chi connectivity index (χ3n) is 1.55. The van der Waals surface area contributed by atoms with Crippen molar-refractivity contribution in [3.05, 3.63) is 29.8 Å². The zero-order chi connectivity index (χ0) is 8.81. The molecule has 0 bridgehead atoms. The molecule has 0 heterocycles. The van der Waals surface area contributed by atoms with Gasteiger partial charge in [0, 0.05) is 6.54 Å². The van der Waals surface area contributed by atoms with E-state index in [0.29, 0.717) is 13.0 Å². The topological polar surface area (TPSA) is 38.3 Å². The second kappa shape index (κ2) is 4.38. The Balaban J connectivity index is 2.58. The van der Waals surface area contributed by atoms with Crippen molar-refractivity contribution in [1.29, 1.82) is 0 Å². The lowest BCUT2D eigenvalue weighted by molar-refractivity contribution is -0.109. The molecule has 0 aliphatic heterocycles. The van der Waals surface area contributed by atoms with Crippen LogP contribution in [0.25, 0.3) is 0 Å². The molecule has 0 aliphatic rings. The van der Waals surface area contributed by atoms with E-state index in [9.17, 15) is 4.79 Å². The highest BCUT2D eigenvalue weighted by Gasteiger charge is 1.91. The average molecular weight is 165 g/mol. The van der Waals surface area contributed by atoms with E-state index < -0.39 is 0 Å². The Labute approximate surface area is 71.4 Å².